The van der Waals surface area contributed by atoms with Gasteiger partial charge in [0.2, 0.25) is 0 Å². The van der Waals surface area contributed by atoms with Gasteiger partial charge in [-0.05, 0) is 18.4 Å². The number of para-hydroxylation sites is 1. The Balaban J connectivity index is 2.53. The standard InChI is InChI=1S/C13H21NO/c1-4-12(10(2)3)14-9-11-7-5-6-8-13(11)15/h5-8,10,12,14-15H,4,9H2,1-3H3/t12-/m1/s1. The van der Waals surface area contributed by atoms with Gasteiger partial charge in [0.05, 0.1) is 0 Å². The third-order valence-electron chi connectivity index (χ3n) is 2.79. The molecule has 0 unspecified atom stereocenters. The van der Waals surface area contributed by atoms with Gasteiger partial charge in [-0.25, -0.2) is 0 Å². The summed E-state index contributed by atoms with van der Waals surface area (Å²) in [4.78, 5) is 0. The fourth-order valence-corrected chi connectivity index (χ4v) is 1.75. The van der Waals surface area contributed by atoms with Crippen LogP contribution in [0.4, 0.5) is 0 Å². The molecule has 2 N–H and O–H groups in total. The van der Waals surface area contributed by atoms with Gasteiger partial charge in [-0.2, -0.15) is 0 Å². The molecule has 1 aromatic rings. The number of hydrogen-bond donors (Lipinski definition) is 2. The van der Waals surface area contributed by atoms with Gasteiger partial charge in [0.15, 0.2) is 0 Å². The van der Waals surface area contributed by atoms with Crippen LogP contribution in [0.15, 0.2) is 24.3 Å². The number of aromatic hydroxyl groups is 1. The summed E-state index contributed by atoms with van der Waals surface area (Å²) in [6, 6.07) is 8.00. The van der Waals surface area contributed by atoms with Gasteiger partial charge in [0.25, 0.3) is 0 Å². The van der Waals surface area contributed by atoms with Crippen molar-refractivity contribution in [1.29, 1.82) is 0 Å². The van der Waals surface area contributed by atoms with Gasteiger partial charge in [-0.1, -0.05) is 39.0 Å². The molecule has 0 aliphatic heterocycles. The van der Waals surface area contributed by atoms with E-state index in [1.807, 2.05) is 18.2 Å². The minimum absolute atomic E-state index is 0.378. The highest BCUT2D eigenvalue weighted by molar-refractivity contribution is 5.31. The van der Waals surface area contributed by atoms with Crippen LogP contribution in [0.25, 0.3) is 0 Å². The second-order valence-electron chi connectivity index (χ2n) is 4.27. The van der Waals surface area contributed by atoms with Gasteiger partial charge in [-0.15, -0.1) is 0 Å². The average Bonchev–Trinajstić information content (AvgIpc) is 2.21. The molecule has 15 heavy (non-hydrogen) atoms. The molecular weight excluding hydrogens is 186 g/mol. The Labute approximate surface area is 92.3 Å². The highest BCUT2D eigenvalue weighted by Crippen LogP contribution is 2.16. The van der Waals surface area contributed by atoms with Crippen molar-refractivity contribution in [2.75, 3.05) is 0 Å². The summed E-state index contributed by atoms with van der Waals surface area (Å²) in [7, 11) is 0. The van der Waals surface area contributed by atoms with E-state index < -0.39 is 0 Å². The summed E-state index contributed by atoms with van der Waals surface area (Å²) in [5, 5.41) is 13.1. The van der Waals surface area contributed by atoms with Crippen molar-refractivity contribution in [3.05, 3.63) is 29.8 Å². The fourth-order valence-electron chi connectivity index (χ4n) is 1.75. The second-order valence-corrected chi connectivity index (χ2v) is 4.27. The Morgan fingerprint density at radius 2 is 1.93 bits per heavy atom. The fraction of sp³-hybridized carbons (Fsp3) is 0.538. The van der Waals surface area contributed by atoms with E-state index in [1.165, 1.54) is 0 Å². The van der Waals surface area contributed by atoms with Crippen LogP contribution in [0.5, 0.6) is 5.75 Å². The van der Waals surface area contributed by atoms with Crippen LogP contribution in [0, 0.1) is 5.92 Å². The first-order chi connectivity index (χ1) is 7.15. The third-order valence-corrected chi connectivity index (χ3v) is 2.79. The molecule has 0 saturated heterocycles. The average molecular weight is 207 g/mol. The van der Waals surface area contributed by atoms with Crippen molar-refractivity contribution in [1.82, 2.24) is 5.32 Å². The molecule has 2 nitrogen and oxygen atoms in total. The number of phenolic OH excluding ortho intramolecular Hbond substituents is 1. The van der Waals surface area contributed by atoms with E-state index in [0.717, 1.165) is 18.5 Å². The first kappa shape index (κ1) is 12.1. The lowest BCUT2D eigenvalue weighted by Gasteiger charge is -2.21. The summed E-state index contributed by atoms with van der Waals surface area (Å²) >= 11 is 0. The normalized spacial score (nSPS) is 13.1. The Kier molecular flexibility index (Phi) is 4.63. The highest BCUT2D eigenvalue weighted by atomic mass is 16.3. The lowest BCUT2D eigenvalue weighted by Crippen LogP contribution is -2.32. The molecule has 0 fully saturated rings. The molecule has 0 amide bonds. The van der Waals surface area contributed by atoms with Crippen LogP contribution < -0.4 is 5.32 Å². The maximum atomic E-state index is 9.59. The molecule has 1 rings (SSSR count). The quantitative estimate of drug-likeness (QED) is 0.778. The number of phenols is 1. The van der Waals surface area contributed by atoms with Gasteiger partial charge < -0.3 is 10.4 Å². The van der Waals surface area contributed by atoms with Crippen LogP contribution in [0.3, 0.4) is 0 Å². The first-order valence-electron chi connectivity index (χ1n) is 5.65. The topological polar surface area (TPSA) is 32.3 Å². The molecule has 0 aliphatic carbocycles. The van der Waals surface area contributed by atoms with Crippen LogP contribution in [0.2, 0.25) is 0 Å². The minimum Gasteiger partial charge on any atom is -0.508 e. The summed E-state index contributed by atoms with van der Waals surface area (Å²) in [6.07, 6.45) is 1.12. The number of benzene rings is 1. The SMILES string of the molecule is CC[C@@H](NCc1ccccc1O)C(C)C. The monoisotopic (exact) mass is 207 g/mol. The summed E-state index contributed by atoms with van der Waals surface area (Å²) in [6.45, 7) is 7.35. The molecule has 0 bridgehead atoms. The smallest absolute Gasteiger partial charge is 0.120 e. The maximum Gasteiger partial charge on any atom is 0.120 e. The molecule has 1 aromatic carbocycles. The summed E-state index contributed by atoms with van der Waals surface area (Å²) in [5.74, 6) is 1.00. The van der Waals surface area contributed by atoms with Crippen LogP contribution >= 0.6 is 0 Å². The van der Waals surface area contributed by atoms with Gasteiger partial charge in [0, 0.05) is 18.2 Å². The summed E-state index contributed by atoms with van der Waals surface area (Å²) < 4.78 is 0. The predicted octanol–water partition coefficient (Wildman–Crippen LogP) is 2.92. The van der Waals surface area contributed by atoms with E-state index in [9.17, 15) is 5.11 Å². The van der Waals surface area contributed by atoms with Gasteiger partial charge >= 0.3 is 0 Å². The molecule has 0 spiro atoms. The Morgan fingerprint density at radius 3 is 2.47 bits per heavy atom. The van der Waals surface area contributed by atoms with Crippen LogP contribution in [0.1, 0.15) is 32.8 Å². The molecule has 2 heteroatoms. The molecule has 0 aromatic heterocycles. The van der Waals surface area contributed by atoms with Crippen molar-refractivity contribution < 1.29 is 5.11 Å². The number of hydrogen-bond acceptors (Lipinski definition) is 2. The predicted molar refractivity (Wildman–Crippen MR) is 63.9 cm³/mol. The Bertz CT molecular complexity index is 296. The second kappa shape index (κ2) is 5.76. The molecular formula is C13H21NO. The Hall–Kier alpha value is -1.02. The van der Waals surface area contributed by atoms with Gasteiger partial charge in [0.1, 0.15) is 5.75 Å². The summed E-state index contributed by atoms with van der Waals surface area (Å²) in [5.41, 5.74) is 0.969. The van der Waals surface area contributed by atoms with Crippen molar-refractivity contribution in [2.45, 2.75) is 39.8 Å². The van der Waals surface area contributed by atoms with Crippen LogP contribution in [-0.2, 0) is 6.54 Å². The van der Waals surface area contributed by atoms with Crippen molar-refractivity contribution >= 4 is 0 Å². The maximum absolute atomic E-state index is 9.59. The van der Waals surface area contributed by atoms with E-state index in [1.54, 1.807) is 6.07 Å². The third kappa shape index (κ3) is 3.56. The molecule has 0 aliphatic rings. The lowest BCUT2D eigenvalue weighted by atomic mass is 10.0. The number of nitrogens with one attached hydrogen (secondary N) is 1. The largest absolute Gasteiger partial charge is 0.508 e. The van der Waals surface area contributed by atoms with Crippen molar-refractivity contribution in [3.63, 3.8) is 0 Å². The zero-order valence-corrected chi connectivity index (χ0v) is 9.83. The zero-order chi connectivity index (χ0) is 11.3. The molecule has 1 atom stereocenters. The minimum atomic E-state index is 0.378. The lowest BCUT2D eigenvalue weighted by molar-refractivity contribution is 0.382. The molecule has 0 radical (unpaired) electrons. The van der Waals surface area contributed by atoms with Gasteiger partial charge in [-0.3, -0.25) is 0 Å². The highest BCUT2D eigenvalue weighted by Gasteiger charge is 2.10. The van der Waals surface area contributed by atoms with E-state index in [4.69, 9.17) is 0 Å². The van der Waals surface area contributed by atoms with E-state index in [0.29, 0.717) is 17.7 Å². The molecule has 0 saturated carbocycles. The van der Waals surface area contributed by atoms with Crippen molar-refractivity contribution in [2.24, 2.45) is 5.92 Å². The molecule has 84 valence electrons. The van der Waals surface area contributed by atoms with E-state index in [2.05, 4.69) is 26.1 Å². The van der Waals surface area contributed by atoms with Crippen LogP contribution in [-0.4, -0.2) is 11.1 Å². The Morgan fingerprint density at radius 1 is 1.27 bits per heavy atom. The molecule has 0 heterocycles. The van der Waals surface area contributed by atoms with E-state index in [-0.39, 0.29) is 0 Å². The number of rotatable bonds is 5. The first-order valence-corrected chi connectivity index (χ1v) is 5.65. The van der Waals surface area contributed by atoms with E-state index >= 15 is 0 Å². The zero-order valence-electron chi connectivity index (χ0n) is 9.83. The van der Waals surface area contributed by atoms with Crippen molar-refractivity contribution in [3.8, 4) is 5.75 Å².